The van der Waals surface area contributed by atoms with Crippen molar-refractivity contribution in [2.45, 2.75) is 31.4 Å². The summed E-state index contributed by atoms with van der Waals surface area (Å²) in [5, 5.41) is 21.9. The van der Waals surface area contributed by atoms with Gasteiger partial charge in [0.05, 0.1) is 11.6 Å². The fourth-order valence-corrected chi connectivity index (χ4v) is 1.80. The summed E-state index contributed by atoms with van der Waals surface area (Å²) in [5.41, 5.74) is 5.67. The van der Waals surface area contributed by atoms with Crippen LogP contribution in [0.5, 0.6) is 5.75 Å². The van der Waals surface area contributed by atoms with E-state index in [-0.39, 0.29) is 18.2 Å². The third-order valence-electron chi connectivity index (χ3n) is 3.22. The summed E-state index contributed by atoms with van der Waals surface area (Å²) in [6.07, 6.45) is 0.795. The molecule has 6 heteroatoms. The number of phenols is 1. The van der Waals surface area contributed by atoms with Crippen molar-refractivity contribution in [1.82, 2.24) is 5.32 Å². The molecule has 1 rings (SSSR count). The number of aliphatic hydroxyl groups is 1. The fourth-order valence-electron chi connectivity index (χ4n) is 1.80. The van der Waals surface area contributed by atoms with Crippen molar-refractivity contribution in [3.8, 4) is 5.75 Å². The first kappa shape index (κ1) is 17.4. The number of phenolic OH excluding ortho intramolecular Hbond substituents is 1. The number of carbonyl (C=O) groups excluding carboxylic acids is 1. The number of hydrogen-bond acceptors (Lipinski definition) is 5. The Balaban J connectivity index is 2.42. The Labute approximate surface area is 124 Å². The molecule has 1 aromatic rings. The van der Waals surface area contributed by atoms with E-state index in [2.05, 4.69) is 5.32 Å². The molecular formula is C15H24N2O4. The maximum atomic E-state index is 11.9. The predicted molar refractivity (Wildman–Crippen MR) is 79.9 cm³/mol. The number of hydrogen-bond donors (Lipinski definition) is 4. The van der Waals surface area contributed by atoms with Crippen molar-refractivity contribution in [2.75, 3.05) is 20.3 Å². The quantitative estimate of drug-likeness (QED) is 0.547. The van der Waals surface area contributed by atoms with Gasteiger partial charge in [0.25, 0.3) is 0 Å². The summed E-state index contributed by atoms with van der Waals surface area (Å²) in [6, 6.07) is 5.84. The van der Waals surface area contributed by atoms with Crippen molar-refractivity contribution < 1.29 is 19.7 Å². The van der Waals surface area contributed by atoms with Crippen LogP contribution in [0.4, 0.5) is 0 Å². The van der Waals surface area contributed by atoms with Gasteiger partial charge in [0.2, 0.25) is 5.91 Å². The lowest BCUT2D eigenvalue weighted by Gasteiger charge is -2.24. The Bertz CT molecular complexity index is 445. The molecule has 2 atom stereocenters. The second-order valence-corrected chi connectivity index (χ2v) is 5.43. The monoisotopic (exact) mass is 296 g/mol. The Kier molecular flexibility index (Phi) is 6.61. The Morgan fingerprint density at radius 2 is 2.05 bits per heavy atom. The fraction of sp³-hybridized carbons (Fsp3) is 0.533. The highest BCUT2D eigenvalue weighted by Gasteiger charge is 2.22. The average Bonchev–Trinajstić information content (AvgIpc) is 2.45. The molecule has 1 amide bonds. The van der Waals surface area contributed by atoms with Crippen LogP contribution in [0, 0.1) is 0 Å². The molecule has 21 heavy (non-hydrogen) atoms. The van der Waals surface area contributed by atoms with Gasteiger partial charge in [-0.15, -0.1) is 0 Å². The molecule has 0 saturated heterocycles. The molecular weight excluding hydrogens is 272 g/mol. The lowest BCUT2D eigenvalue weighted by Crippen LogP contribution is -2.48. The number of nitrogens with two attached hydrogens (primary N) is 1. The van der Waals surface area contributed by atoms with Gasteiger partial charge < -0.3 is 26.0 Å². The minimum atomic E-state index is -1.02. The molecule has 1 aromatic carbocycles. The Morgan fingerprint density at radius 3 is 2.62 bits per heavy atom. The molecule has 0 bridgehead atoms. The highest BCUT2D eigenvalue weighted by atomic mass is 16.5. The zero-order valence-electron chi connectivity index (χ0n) is 12.5. The van der Waals surface area contributed by atoms with E-state index >= 15 is 0 Å². The zero-order chi connectivity index (χ0) is 15.9. The standard InChI is InChI=1S/C15H24N2O4/c1-15(20,7-8-21-2)10-17-14(19)13(16)9-11-3-5-12(18)6-4-11/h3-6,13,18,20H,7-10,16H2,1-2H3,(H,17,19)/t13-,15?/m0/s1. The van der Waals surface area contributed by atoms with Crippen LogP contribution >= 0.6 is 0 Å². The SMILES string of the molecule is COCCC(C)(O)CNC(=O)[C@@H](N)Cc1ccc(O)cc1. The van der Waals surface area contributed by atoms with Gasteiger partial charge in [0.1, 0.15) is 5.75 Å². The van der Waals surface area contributed by atoms with Gasteiger partial charge in [0.15, 0.2) is 0 Å². The number of rotatable bonds is 8. The van der Waals surface area contributed by atoms with E-state index in [1.807, 2.05) is 0 Å². The Morgan fingerprint density at radius 1 is 1.43 bits per heavy atom. The van der Waals surface area contributed by atoms with E-state index in [1.54, 1.807) is 38.3 Å². The van der Waals surface area contributed by atoms with Crippen molar-refractivity contribution >= 4 is 5.91 Å². The van der Waals surface area contributed by atoms with Crippen LogP contribution in [0.2, 0.25) is 0 Å². The summed E-state index contributed by atoms with van der Waals surface area (Å²) in [6.45, 7) is 2.18. The normalized spacial score (nSPS) is 15.2. The van der Waals surface area contributed by atoms with Crippen molar-refractivity contribution in [2.24, 2.45) is 5.73 Å². The lowest BCUT2D eigenvalue weighted by molar-refractivity contribution is -0.123. The molecule has 0 fully saturated rings. The van der Waals surface area contributed by atoms with E-state index in [4.69, 9.17) is 10.5 Å². The maximum Gasteiger partial charge on any atom is 0.237 e. The highest BCUT2D eigenvalue weighted by Crippen LogP contribution is 2.11. The van der Waals surface area contributed by atoms with Crippen LogP contribution in [0.15, 0.2) is 24.3 Å². The molecule has 5 N–H and O–H groups in total. The van der Waals surface area contributed by atoms with Gasteiger partial charge >= 0.3 is 0 Å². The third kappa shape index (κ3) is 6.57. The summed E-state index contributed by atoms with van der Waals surface area (Å²) in [5.74, 6) is -0.147. The van der Waals surface area contributed by atoms with E-state index in [1.165, 1.54) is 0 Å². The van der Waals surface area contributed by atoms with Crippen LogP contribution in [-0.4, -0.2) is 48.0 Å². The number of ether oxygens (including phenoxy) is 1. The smallest absolute Gasteiger partial charge is 0.237 e. The molecule has 6 nitrogen and oxygen atoms in total. The zero-order valence-corrected chi connectivity index (χ0v) is 12.5. The number of benzene rings is 1. The van der Waals surface area contributed by atoms with Crippen LogP contribution in [0.25, 0.3) is 0 Å². The molecule has 0 saturated carbocycles. The number of nitrogens with one attached hydrogen (secondary N) is 1. The molecule has 1 unspecified atom stereocenters. The third-order valence-corrected chi connectivity index (χ3v) is 3.22. The minimum absolute atomic E-state index is 0.123. The van der Waals surface area contributed by atoms with Crippen molar-refractivity contribution in [3.63, 3.8) is 0 Å². The number of aromatic hydroxyl groups is 1. The maximum absolute atomic E-state index is 11.9. The van der Waals surface area contributed by atoms with E-state index in [0.29, 0.717) is 19.4 Å². The first-order valence-electron chi connectivity index (χ1n) is 6.86. The molecule has 0 aliphatic heterocycles. The highest BCUT2D eigenvalue weighted by molar-refractivity contribution is 5.81. The largest absolute Gasteiger partial charge is 0.508 e. The molecule has 0 aromatic heterocycles. The van der Waals surface area contributed by atoms with Gasteiger partial charge in [-0.25, -0.2) is 0 Å². The minimum Gasteiger partial charge on any atom is -0.508 e. The second-order valence-electron chi connectivity index (χ2n) is 5.43. The number of methoxy groups -OCH3 is 1. The summed E-state index contributed by atoms with van der Waals surface area (Å²) in [7, 11) is 1.56. The summed E-state index contributed by atoms with van der Waals surface area (Å²) >= 11 is 0. The molecule has 0 heterocycles. The molecule has 0 aliphatic rings. The van der Waals surface area contributed by atoms with Gasteiger partial charge in [-0.05, 0) is 31.0 Å². The van der Waals surface area contributed by atoms with Crippen LogP contribution in [0.3, 0.4) is 0 Å². The summed E-state index contributed by atoms with van der Waals surface area (Å²) < 4.78 is 4.90. The second kappa shape index (κ2) is 7.97. The van der Waals surface area contributed by atoms with Crippen molar-refractivity contribution in [1.29, 1.82) is 0 Å². The predicted octanol–water partition coefficient (Wildman–Crippen LogP) is 0.166. The lowest BCUT2D eigenvalue weighted by atomic mass is 10.0. The first-order chi connectivity index (χ1) is 9.84. The van der Waals surface area contributed by atoms with E-state index in [9.17, 15) is 15.0 Å². The molecule has 118 valence electrons. The molecule has 0 aliphatic carbocycles. The molecule has 0 radical (unpaired) electrons. The van der Waals surface area contributed by atoms with E-state index < -0.39 is 11.6 Å². The van der Waals surface area contributed by atoms with Gasteiger partial charge in [-0.3, -0.25) is 4.79 Å². The topological polar surface area (TPSA) is 105 Å². The number of amides is 1. The summed E-state index contributed by atoms with van der Waals surface area (Å²) in [4.78, 5) is 11.9. The van der Waals surface area contributed by atoms with Gasteiger partial charge in [-0.1, -0.05) is 12.1 Å². The van der Waals surface area contributed by atoms with Crippen LogP contribution in [0.1, 0.15) is 18.9 Å². The average molecular weight is 296 g/mol. The van der Waals surface area contributed by atoms with Crippen LogP contribution < -0.4 is 11.1 Å². The molecule has 0 spiro atoms. The van der Waals surface area contributed by atoms with Gasteiger partial charge in [0, 0.05) is 26.7 Å². The van der Waals surface area contributed by atoms with Crippen LogP contribution in [-0.2, 0) is 16.0 Å². The van der Waals surface area contributed by atoms with Gasteiger partial charge in [-0.2, -0.15) is 0 Å². The van der Waals surface area contributed by atoms with E-state index in [0.717, 1.165) is 5.56 Å². The Hall–Kier alpha value is -1.63. The first-order valence-corrected chi connectivity index (χ1v) is 6.86. The van der Waals surface area contributed by atoms with Crippen molar-refractivity contribution in [3.05, 3.63) is 29.8 Å². The number of carbonyl (C=O) groups is 1.